The SMILES string of the molecule is Cl.Fc1cc2ccoc2c(N2CCNCC2)c1F. The number of anilines is 1. The van der Waals surface area contributed by atoms with E-state index in [4.69, 9.17) is 4.42 Å². The molecular formula is C12H13ClF2N2O. The van der Waals surface area contributed by atoms with Crippen LogP contribution < -0.4 is 10.2 Å². The third kappa shape index (κ3) is 2.04. The molecule has 3 nitrogen and oxygen atoms in total. The molecule has 0 saturated carbocycles. The Morgan fingerprint density at radius 1 is 1.22 bits per heavy atom. The van der Waals surface area contributed by atoms with Crippen LogP contribution in [0.2, 0.25) is 0 Å². The second-order valence-corrected chi connectivity index (χ2v) is 4.10. The van der Waals surface area contributed by atoms with Gasteiger partial charge < -0.3 is 14.6 Å². The first-order chi connectivity index (χ1) is 8.27. The minimum absolute atomic E-state index is 0. The van der Waals surface area contributed by atoms with Gasteiger partial charge in [0.1, 0.15) is 5.69 Å². The van der Waals surface area contributed by atoms with E-state index >= 15 is 0 Å². The summed E-state index contributed by atoms with van der Waals surface area (Å²) in [5.74, 6) is -1.65. The lowest BCUT2D eigenvalue weighted by Crippen LogP contribution is -2.44. The van der Waals surface area contributed by atoms with Crippen molar-refractivity contribution in [3.63, 3.8) is 0 Å². The highest BCUT2D eigenvalue weighted by Crippen LogP contribution is 2.32. The van der Waals surface area contributed by atoms with Gasteiger partial charge in [-0.1, -0.05) is 0 Å². The Hall–Kier alpha value is -1.33. The fourth-order valence-corrected chi connectivity index (χ4v) is 2.21. The standard InChI is InChI=1S/C12H12F2N2O.ClH/c13-9-7-8-1-6-17-12(8)11(10(9)14)16-4-2-15-3-5-16;/h1,6-7,15H,2-5H2;1H. The van der Waals surface area contributed by atoms with Gasteiger partial charge in [-0.05, 0) is 12.1 Å². The Morgan fingerprint density at radius 3 is 2.67 bits per heavy atom. The predicted molar refractivity (Wildman–Crippen MR) is 68.5 cm³/mol. The average Bonchev–Trinajstić information content (AvgIpc) is 2.79. The normalized spacial score (nSPS) is 15.8. The van der Waals surface area contributed by atoms with Crippen molar-refractivity contribution in [1.29, 1.82) is 0 Å². The quantitative estimate of drug-likeness (QED) is 0.866. The average molecular weight is 275 g/mol. The minimum Gasteiger partial charge on any atom is -0.462 e. The second kappa shape index (κ2) is 5.12. The van der Waals surface area contributed by atoms with Crippen LogP contribution in [0.15, 0.2) is 22.8 Å². The maximum atomic E-state index is 13.9. The van der Waals surface area contributed by atoms with E-state index in [1.54, 1.807) is 6.07 Å². The molecule has 0 atom stereocenters. The number of hydrogen-bond donors (Lipinski definition) is 1. The number of fused-ring (bicyclic) bond motifs is 1. The number of hydrogen-bond acceptors (Lipinski definition) is 3. The summed E-state index contributed by atoms with van der Waals surface area (Å²) in [6.45, 7) is 2.82. The van der Waals surface area contributed by atoms with E-state index in [0.717, 1.165) is 13.1 Å². The summed E-state index contributed by atoms with van der Waals surface area (Å²) in [6, 6.07) is 2.81. The van der Waals surface area contributed by atoms with Gasteiger partial charge in [0.25, 0.3) is 0 Å². The third-order valence-electron chi connectivity index (χ3n) is 3.04. The second-order valence-electron chi connectivity index (χ2n) is 4.10. The van der Waals surface area contributed by atoms with E-state index in [-0.39, 0.29) is 18.1 Å². The van der Waals surface area contributed by atoms with Crippen molar-refractivity contribution in [2.45, 2.75) is 0 Å². The van der Waals surface area contributed by atoms with Crippen molar-refractivity contribution in [2.24, 2.45) is 0 Å². The van der Waals surface area contributed by atoms with Crippen LogP contribution in [0.3, 0.4) is 0 Å². The molecule has 0 unspecified atom stereocenters. The van der Waals surface area contributed by atoms with Crippen LogP contribution in [-0.2, 0) is 0 Å². The van der Waals surface area contributed by atoms with Crippen molar-refractivity contribution in [1.82, 2.24) is 5.32 Å². The number of nitrogens with one attached hydrogen (secondary N) is 1. The molecule has 0 radical (unpaired) electrons. The highest BCUT2D eigenvalue weighted by atomic mass is 35.5. The lowest BCUT2D eigenvalue weighted by Gasteiger charge is -2.29. The van der Waals surface area contributed by atoms with Crippen LogP contribution in [0, 0.1) is 11.6 Å². The molecule has 1 N–H and O–H groups in total. The van der Waals surface area contributed by atoms with Crippen molar-refractivity contribution < 1.29 is 13.2 Å². The summed E-state index contributed by atoms with van der Waals surface area (Å²) in [7, 11) is 0. The molecule has 2 heterocycles. The van der Waals surface area contributed by atoms with Gasteiger partial charge in [0, 0.05) is 31.6 Å². The molecule has 0 bridgehead atoms. The van der Waals surface area contributed by atoms with Crippen LogP contribution in [0.1, 0.15) is 0 Å². The number of rotatable bonds is 1. The van der Waals surface area contributed by atoms with Crippen LogP contribution in [-0.4, -0.2) is 26.2 Å². The highest BCUT2D eigenvalue weighted by Gasteiger charge is 2.22. The fourth-order valence-electron chi connectivity index (χ4n) is 2.21. The molecule has 18 heavy (non-hydrogen) atoms. The number of furan rings is 1. The molecule has 1 aromatic carbocycles. The largest absolute Gasteiger partial charge is 0.462 e. The van der Waals surface area contributed by atoms with Crippen LogP contribution in [0.25, 0.3) is 11.0 Å². The maximum Gasteiger partial charge on any atom is 0.185 e. The molecule has 0 aliphatic carbocycles. The molecule has 98 valence electrons. The Bertz CT molecular complexity index is 552. The first kappa shape index (κ1) is 13.1. The van der Waals surface area contributed by atoms with Crippen molar-refractivity contribution in [2.75, 3.05) is 31.1 Å². The molecule has 1 aromatic heterocycles. The van der Waals surface area contributed by atoms with E-state index < -0.39 is 11.6 Å². The van der Waals surface area contributed by atoms with Crippen molar-refractivity contribution >= 4 is 29.1 Å². The predicted octanol–water partition coefficient (Wildman–Crippen LogP) is 2.54. The third-order valence-corrected chi connectivity index (χ3v) is 3.04. The lowest BCUT2D eigenvalue weighted by molar-refractivity contribution is 0.497. The molecule has 0 spiro atoms. The van der Waals surface area contributed by atoms with Gasteiger partial charge in [0.15, 0.2) is 17.2 Å². The van der Waals surface area contributed by atoms with Crippen LogP contribution in [0.5, 0.6) is 0 Å². The summed E-state index contributed by atoms with van der Waals surface area (Å²) >= 11 is 0. The molecule has 6 heteroatoms. The van der Waals surface area contributed by atoms with Gasteiger partial charge in [0.2, 0.25) is 0 Å². The molecule has 1 saturated heterocycles. The van der Waals surface area contributed by atoms with E-state index in [1.165, 1.54) is 12.3 Å². The summed E-state index contributed by atoms with van der Waals surface area (Å²) in [5, 5.41) is 3.77. The van der Waals surface area contributed by atoms with Gasteiger partial charge in [-0.3, -0.25) is 0 Å². The zero-order valence-electron chi connectivity index (χ0n) is 9.58. The zero-order valence-corrected chi connectivity index (χ0v) is 10.4. The molecule has 1 aliphatic heterocycles. The Labute approximate surface area is 109 Å². The molecule has 1 aliphatic rings. The van der Waals surface area contributed by atoms with Gasteiger partial charge in [-0.15, -0.1) is 12.4 Å². The van der Waals surface area contributed by atoms with E-state index in [9.17, 15) is 8.78 Å². The summed E-state index contributed by atoms with van der Waals surface area (Å²) in [4.78, 5) is 1.82. The molecule has 0 amide bonds. The summed E-state index contributed by atoms with van der Waals surface area (Å²) < 4.78 is 32.6. The number of piperazine rings is 1. The molecule has 2 aromatic rings. The first-order valence-electron chi connectivity index (χ1n) is 5.58. The van der Waals surface area contributed by atoms with E-state index in [2.05, 4.69) is 5.32 Å². The molecule has 1 fully saturated rings. The number of halogens is 3. The fraction of sp³-hybridized carbons (Fsp3) is 0.333. The smallest absolute Gasteiger partial charge is 0.185 e. The summed E-state index contributed by atoms with van der Waals surface area (Å²) in [5.41, 5.74) is 0.664. The lowest BCUT2D eigenvalue weighted by atomic mass is 10.2. The highest BCUT2D eigenvalue weighted by molar-refractivity contribution is 5.90. The van der Waals surface area contributed by atoms with E-state index in [1.807, 2.05) is 4.90 Å². The molecular weight excluding hydrogens is 262 g/mol. The maximum absolute atomic E-state index is 13.9. The monoisotopic (exact) mass is 274 g/mol. The molecule has 3 rings (SSSR count). The van der Waals surface area contributed by atoms with Gasteiger partial charge in [-0.25, -0.2) is 8.78 Å². The van der Waals surface area contributed by atoms with Gasteiger partial charge >= 0.3 is 0 Å². The Kier molecular flexibility index (Phi) is 3.73. The minimum atomic E-state index is -0.826. The topological polar surface area (TPSA) is 28.4 Å². The van der Waals surface area contributed by atoms with Gasteiger partial charge in [0.05, 0.1) is 6.26 Å². The van der Waals surface area contributed by atoms with Gasteiger partial charge in [-0.2, -0.15) is 0 Å². The van der Waals surface area contributed by atoms with Crippen molar-refractivity contribution in [3.8, 4) is 0 Å². The van der Waals surface area contributed by atoms with E-state index in [0.29, 0.717) is 24.1 Å². The number of benzene rings is 1. The number of nitrogens with zero attached hydrogens (tertiary/aromatic N) is 1. The Morgan fingerprint density at radius 2 is 1.94 bits per heavy atom. The van der Waals surface area contributed by atoms with Crippen LogP contribution in [0.4, 0.5) is 14.5 Å². The summed E-state index contributed by atoms with van der Waals surface area (Å²) in [6.07, 6.45) is 1.45. The van der Waals surface area contributed by atoms with Crippen LogP contribution >= 0.6 is 12.4 Å². The zero-order chi connectivity index (χ0) is 11.8. The van der Waals surface area contributed by atoms with Crippen molar-refractivity contribution in [3.05, 3.63) is 30.0 Å². The first-order valence-corrected chi connectivity index (χ1v) is 5.58. The Balaban J connectivity index is 0.00000120.